The van der Waals surface area contributed by atoms with E-state index in [1.807, 2.05) is 6.07 Å². The molecule has 22 heavy (non-hydrogen) atoms. The number of nitro benzene ring substituents is 1. The lowest BCUT2D eigenvalue weighted by Gasteiger charge is -2.06. The van der Waals surface area contributed by atoms with E-state index in [2.05, 4.69) is 10.3 Å². The summed E-state index contributed by atoms with van der Waals surface area (Å²) in [6.45, 7) is 0. The Balaban J connectivity index is 2.29. The molecule has 0 aliphatic heterocycles. The fourth-order valence-corrected chi connectivity index (χ4v) is 2.49. The minimum atomic E-state index is -0.539. The van der Waals surface area contributed by atoms with Crippen LogP contribution in [0, 0.1) is 21.4 Å². The summed E-state index contributed by atoms with van der Waals surface area (Å²) < 4.78 is 0. The summed E-state index contributed by atoms with van der Waals surface area (Å²) in [7, 11) is 0. The SMILES string of the molecule is N#CCC(=O)Nc1cc(Sc2ccccn2)cc([N+](=O)[O-])c1. The molecule has 8 heteroatoms. The minimum Gasteiger partial charge on any atom is -0.325 e. The quantitative estimate of drug-likeness (QED) is 0.671. The van der Waals surface area contributed by atoms with Crippen molar-refractivity contribution in [3.8, 4) is 6.07 Å². The van der Waals surface area contributed by atoms with Crippen LogP contribution in [0.5, 0.6) is 0 Å². The van der Waals surface area contributed by atoms with Crippen LogP contribution in [0.25, 0.3) is 0 Å². The summed E-state index contributed by atoms with van der Waals surface area (Å²) in [6.07, 6.45) is 1.31. The Kier molecular flexibility index (Phi) is 5.06. The first-order valence-corrected chi connectivity index (χ1v) is 6.95. The molecule has 1 aromatic carbocycles. The molecule has 2 rings (SSSR count). The van der Waals surface area contributed by atoms with Gasteiger partial charge in [-0.2, -0.15) is 5.26 Å². The predicted molar refractivity (Wildman–Crippen MR) is 80.3 cm³/mol. The number of carbonyl (C=O) groups excluding carboxylic acids is 1. The first kappa shape index (κ1) is 15.5. The van der Waals surface area contributed by atoms with Gasteiger partial charge in [-0.05, 0) is 18.2 Å². The zero-order valence-electron chi connectivity index (χ0n) is 11.2. The molecule has 0 unspecified atom stereocenters. The molecule has 0 saturated carbocycles. The van der Waals surface area contributed by atoms with Gasteiger partial charge in [-0.25, -0.2) is 4.98 Å². The number of nitro groups is 1. The van der Waals surface area contributed by atoms with Crippen LogP contribution in [0.1, 0.15) is 6.42 Å². The normalized spacial score (nSPS) is 9.77. The molecule has 1 amide bonds. The molecular formula is C14H10N4O3S. The summed E-state index contributed by atoms with van der Waals surface area (Å²) in [6, 6.07) is 11.3. The van der Waals surface area contributed by atoms with E-state index in [9.17, 15) is 14.9 Å². The zero-order valence-corrected chi connectivity index (χ0v) is 12.0. The number of hydrogen-bond acceptors (Lipinski definition) is 6. The van der Waals surface area contributed by atoms with Crippen molar-refractivity contribution in [2.75, 3.05) is 5.32 Å². The number of pyridine rings is 1. The Labute approximate surface area is 130 Å². The van der Waals surface area contributed by atoms with Crippen LogP contribution in [-0.4, -0.2) is 15.8 Å². The van der Waals surface area contributed by atoms with Gasteiger partial charge in [0.25, 0.3) is 5.69 Å². The molecule has 0 aliphatic rings. The number of hydrogen-bond donors (Lipinski definition) is 1. The lowest BCUT2D eigenvalue weighted by Crippen LogP contribution is -2.10. The molecular weight excluding hydrogens is 304 g/mol. The number of anilines is 1. The molecule has 1 N–H and O–H groups in total. The molecule has 2 aromatic rings. The molecule has 0 fully saturated rings. The topological polar surface area (TPSA) is 109 Å². The third-order valence-corrected chi connectivity index (χ3v) is 3.41. The average molecular weight is 314 g/mol. The Hall–Kier alpha value is -2.92. The summed E-state index contributed by atoms with van der Waals surface area (Å²) in [5, 5.41) is 22.6. The minimum absolute atomic E-state index is 0.145. The summed E-state index contributed by atoms with van der Waals surface area (Å²) in [4.78, 5) is 26.6. The van der Waals surface area contributed by atoms with Crippen molar-refractivity contribution in [2.24, 2.45) is 0 Å². The highest BCUT2D eigenvalue weighted by Crippen LogP contribution is 2.31. The van der Waals surface area contributed by atoms with Gasteiger partial charge in [-0.1, -0.05) is 17.8 Å². The fourth-order valence-electron chi connectivity index (χ4n) is 1.63. The van der Waals surface area contributed by atoms with Crippen molar-refractivity contribution in [2.45, 2.75) is 16.3 Å². The fraction of sp³-hybridized carbons (Fsp3) is 0.0714. The highest BCUT2D eigenvalue weighted by atomic mass is 32.2. The number of nitrogens with one attached hydrogen (secondary N) is 1. The maximum absolute atomic E-state index is 11.4. The van der Waals surface area contributed by atoms with Crippen LogP contribution >= 0.6 is 11.8 Å². The highest BCUT2D eigenvalue weighted by Gasteiger charge is 2.12. The van der Waals surface area contributed by atoms with Crippen LogP contribution in [0.2, 0.25) is 0 Å². The van der Waals surface area contributed by atoms with Crippen molar-refractivity contribution < 1.29 is 9.72 Å². The van der Waals surface area contributed by atoms with Gasteiger partial charge in [0.1, 0.15) is 11.4 Å². The van der Waals surface area contributed by atoms with Crippen LogP contribution < -0.4 is 5.32 Å². The lowest BCUT2D eigenvalue weighted by molar-refractivity contribution is -0.385. The van der Waals surface area contributed by atoms with Gasteiger partial charge in [-0.15, -0.1) is 0 Å². The third kappa shape index (κ3) is 4.29. The number of non-ortho nitro benzene ring substituents is 1. The number of aromatic nitrogens is 1. The molecule has 1 heterocycles. The largest absolute Gasteiger partial charge is 0.325 e. The second kappa shape index (κ2) is 7.19. The maximum Gasteiger partial charge on any atom is 0.272 e. The van der Waals surface area contributed by atoms with E-state index >= 15 is 0 Å². The molecule has 110 valence electrons. The van der Waals surface area contributed by atoms with E-state index in [1.165, 1.54) is 23.9 Å². The average Bonchev–Trinajstić information content (AvgIpc) is 2.48. The van der Waals surface area contributed by atoms with Gasteiger partial charge in [0.05, 0.1) is 11.0 Å². The van der Waals surface area contributed by atoms with E-state index in [0.29, 0.717) is 9.92 Å². The van der Waals surface area contributed by atoms with Crippen molar-refractivity contribution in [1.29, 1.82) is 5.26 Å². The van der Waals surface area contributed by atoms with Crippen molar-refractivity contribution >= 4 is 29.0 Å². The van der Waals surface area contributed by atoms with E-state index in [0.717, 1.165) is 0 Å². The van der Waals surface area contributed by atoms with E-state index < -0.39 is 10.8 Å². The molecule has 0 radical (unpaired) electrons. The smallest absolute Gasteiger partial charge is 0.272 e. The predicted octanol–water partition coefficient (Wildman–Crippen LogP) is 2.99. The molecule has 0 atom stereocenters. The standard InChI is InChI=1S/C14H10N4O3S/c15-5-4-13(19)17-10-7-11(18(20)21)9-12(8-10)22-14-3-1-2-6-16-14/h1-3,6-9H,4H2,(H,17,19). The van der Waals surface area contributed by atoms with Gasteiger partial charge in [-0.3, -0.25) is 14.9 Å². The van der Waals surface area contributed by atoms with Crippen molar-refractivity contribution in [1.82, 2.24) is 4.98 Å². The van der Waals surface area contributed by atoms with Crippen molar-refractivity contribution in [3.63, 3.8) is 0 Å². The Bertz CT molecular complexity index is 743. The number of carbonyl (C=O) groups is 1. The highest BCUT2D eigenvalue weighted by molar-refractivity contribution is 7.99. The van der Waals surface area contributed by atoms with Crippen LogP contribution in [0.15, 0.2) is 52.5 Å². The van der Waals surface area contributed by atoms with Crippen molar-refractivity contribution in [3.05, 3.63) is 52.7 Å². The molecule has 7 nitrogen and oxygen atoms in total. The number of nitriles is 1. The summed E-state index contributed by atoms with van der Waals surface area (Å²) in [5.41, 5.74) is 0.126. The molecule has 0 spiro atoms. The van der Waals surface area contributed by atoms with E-state index in [-0.39, 0.29) is 17.8 Å². The van der Waals surface area contributed by atoms with Crippen LogP contribution in [-0.2, 0) is 4.79 Å². The molecule has 0 saturated heterocycles. The Morgan fingerprint density at radius 3 is 2.86 bits per heavy atom. The van der Waals surface area contributed by atoms with Gasteiger partial charge in [0.15, 0.2) is 0 Å². The maximum atomic E-state index is 11.4. The van der Waals surface area contributed by atoms with Gasteiger partial charge in [0.2, 0.25) is 5.91 Å². The molecule has 0 bridgehead atoms. The number of benzene rings is 1. The van der Waals surface area contributed by atoms with Gasteiger partial charge in [0, 0.05) is 28.9 Å². The third-order valence-electron chi connectivity index (χ3n) is 2.49. The van der Waals surface area contributed by atoms with Gasteiger partial charge < -0.3 is 5.32 Å². The van der Waals surface area contributed by atoms with E-state index in [1.54, 1.807) is 30.5 Å². The monoisotopic (exact) mass is 314 g/mol. The first-order chi connectivity index (χ1) is 10.6. The summed E-state index contributed by atoms with van der Waals surface area (Å²) in [5.74, 6) is -0.517. The van der Waals surface area contributed by atoms with Crippen LogP contribution in [0.4, 0.5) is 11.4 Å². The summed E-state index contributed by atoms with van der Waals surface area (Å²) >= 11 is 1.24. The second-order valence-corrected chi connectivity index (χ2v) is 5.22. The lowest BCUT2D eigenvalue weighted by atomic mass is 10.2. The van der Waals surface area contributed by atoms with Crippen LogP contribution in [0.3, 0.4) is 0 Å². The number of rotatable bonds is 5. The Morgan fingerprint density at radius 1 is 1.41 bits per heavy atom. The van der Waals surface area contributed by atoms with E-state index in [4.69, 9.17) is 5.26 Å². The first-order valence-electron chi connectivity index (χ1n) is 6.13. The molecule has 0 aliphatic carbocycles. The Morgan fingerprint density at radius 2 is 2.23 bits per heavy atom. The van der Waals surface area contributed by atoms with Gasteiger partial charge >= 0.3 is 0 Å². The molecule has 1 aromatic heterocycles. The number of amides is 1. The zero-order chi connectivity index (χ0) is 15.9. The number of nitrogens with zero attached hydrogens (tertiary/aromatic N) is 3. The second-order valence-electron chi connectivity index (χ2n) is 4.13.